The van der Waals surface area contributed by atoms with Crippen molar-refractivity contribution in [3.63, 3.8) is 0 Å². The van der Waals surface area contributed by atoms with Crippen molar-refractivity contribution in [2.24, 2.45) is 5.73 Å². The predicted octanol–water partition coefficient (Wildman–Crippen LogP) is 3.00. The summed E-state index contributed by atoms with van der Waals surface area (Å²) in [6, 6.07) is 14.6. The molecule has 0 fully saturated rings. The van der Waals surface area contributed by atoms with E-state index in [1.54, 1.807) is 0 Å². The lowest BCUT2D eigenvalue weighted by molar-refractivity contribution is 0.748. The van der Waals surface area contributed by atoms with Gasteiger partial charge in [0.25, 0.3) is 0 Å². The molecule has 0 bridgehead atoms. The molecule has 0 aliphatic carbocycles. The van der Waals surface area contributed by atoms with Crippen LogP contribution in [0.15, 0.2) is 48.7 Å². The number of nitrogens with zero attached hydrogens (tertiary/aromatic N) is 2. The minimum absolute atomic E-state index is 0.599. The Kier molecular flexibility index (Phi) is 5.56. The lowest BCUT2D eigenvalue weighted by Crippen LogP contribution is -2.26. The normalized spacial score (nSPS) is 10.5. The summed E-state index contributed by atoms with van der Waals surface area (Å²) in [6.45, 7) is 4.87. The summed E-state index contributed by atoms with van der Waals surface area (Å²) in [5.74, 6) is 0. The molecule has 1 aromatic carbocycles. The predicted molar refractivity (Wildman–Crippen MR) is 84.8 cm³/mol. The molecular formula is C17H23N3. The van der Waals surface area contributed by atoms with Crippen molar-refractivity contribution in [2.45, 2.75) is 26.3 Å². The number of nitrogens with two attached hydrogens (primary N) is 1. The van der Waals surface area contributed by atoms with Crippen LogP contribution in [0, 0.1) is 0 Å². The van der Waals surface area contributed by atoms with E-state index in [1.165, 1.54) is 11.3 Å². The third-order valence-corrected chi connectivity index (χ3v) is 3.39. The zero-order chi connectivity index (χ0) is 14.2. The van der Waals surface area contributed by atoms with Crippen LogP contribution in [0.4, 0.5) is 5.69 Å². The number of pyridine rings is 1. The van der Waals surface area contributed by atoms with Crippen LogP contribution in [-0.2, 0) is 13.0 Å². The van der Waals surface area contributed by atoms with Crippen molar-refractivity contribution < 1.29 is 0 Å². The standard InChI is InChI=1S/C17H23N3/c1-2-12-20(13-10-16-5-3-4-11-19-16)17-8-6-15(14-18)7-9-17/h3-9,11H,2,10,12-14,18H2,1H3. The van der Waals surface area contributed by atoms with E-state index in [9.17, 15) is 0 Å². The lowest BCUT2D eigenvalue weighted by Gasteiger charge is -2.24. The van der Waals surface area contributed by atoms with Crippen LogP contribution in [0.2, 0.25) is 0 Å². The van der Waals surface area contributed by atoms with Gasteiger partial charge in [0, 0.05) is 43.6 Å². The van der Waals surface area contributed by atoms with Crippen molar-refractivity contribution >= 4 is 5.69 Å². The van der Waals surface area contributed by atoms with Crippen molar-refractivity contribution in [3.05, 3.63) is 59.9 Å². The number of anilines is 1. The molecule has 0 amide bonds. The first kappa shape index (κ1) is 14.5. The Hall–Kier alpha value is -1.87. The first-order chi connectivity index (χ1) is 9.83. The molecule has 2 N–H and O–H groups in total. The van der Waals surface area contributed by atoms with Crippen LogP contribution < -0.4 is 10.6 Å². The van der Waals surface area contributed by atoms with Gasteiger partial charge in [-0.2, -0.15) is 0 Å². The second-order valence-electron chi connectivity index (χ2n) is 4.93. The molecule has 2 aromatic rings. The van der Waals surface area contributed by atoms with Crippen molar-refractivity contribution in [2.75, 3.05) is 18.0 Å². The highest BCUT2D eigenvalue weighted by atomic mass is 15.1. The maximum atomic E-state index is 5.65. The monoisotopic (exact) mass is 269 g/mol. The molecule has 1 aromatic heterocycles. The molecule has 0 radical (unpaired) electrons. The Labute approximate surface area is 121 Å². The van der Waals surface area contributed by atoms with E-state index in [2.05, 4.69) is 47.1 Å². The van der Waals surface area contributed by atoms with Crippen LogP contribution in [0.3, 0.4) is 0 Å². The largest absolute Gasteiger partial charge is 0.371 e. The first-order valence-corrected chi connectivity index (χ1v) is 7.27. The molecule has 0 spiro atoms. The average Bonchev–Trinajstić information content (AvgIpc) is 2.52. The van der Waals surface area contributed by atoms with Gasteiger partial charge in [0.05, 0.1) is 0 Å². The number of benzene rings is 1. The van der Waals surface area contributed by atoms with E-state index < -0.39 is 0 Å². The van der Waals surface area contributed by atoms with Gasteiger partial charge in [0.15, 0.2) is 0 Å². The van der Waals surface area contributed by atoms with Gasteiger partial charge in [-0.1, -0.05) is 25.1 Å². The quantitative estimate of drug-likeness (QED) is 0.840. The minimum Gasteiger partial charge on any atom is -0.371 e. The Balaban J connectivity index is 2.02. The molecule has 1 heterocycles. The van der Waals surface area contributed by atoms with Gasteiger partial charge in [-0.05, 0) is 36.2 Å². The lowest BCUT2D eigenvalue weighted by atomic mass is 10.1. The Morgan fingerprint density at radius 3 is 2.45 bits per heavy atom. The van der Waals surface area contributed by atoms with Crippen molar-refractivity contribution in [1.29, 1.82) is 0 Å². The second kappa shape index (κ2) is 7.65. The summed E-state index contributed by atoms with van der Waals surface area (Å²) in [7, 11) is 0. The van der Waals surface area contributed by atoms with E-state index in [1.807, 2.05) is 18.3 Å². The van der Waals surface area contributed by atoms with E-state index >= 15 is 0 Å². The summed E-state index contributed by atoms with van der Waals surface area (Å²) in [6.07, 6.45) is 3.97. The smallest absolute Gasteiger partial charge is 0.0421 e. The van der Waals surface area contributed by atoms with Gasteiger partial charge < -0.3 is 10.6 Å². The Morgan fingerprint density at radius 1 is 1.05 bits per heavy atom. The first-order valence-electron chi connectivity index (χ1n) is 7.27. The molecule has 0 unspecified atom stereocenters. The number of aromatic nitrogens is 1. The summed E-state index contributed by atoms with van der Waals surface area (Å²) >= 11 is 0. The molecule has 0 saturated carbocycles. The average molecular weight is 269 g/mol. The molecule has 2 rings (SSSR count). The molecule has 3 heteroatoms. The molecule has 3 nitrogen and oxygen atoms in total. The fourth-order valence-corrected chi connectivity index (χ4v) is 2.28. The molecule has 106 valence electrons. The maximum absolute atomic E-state index is 5.65. The van der Waals surface area contributed by atoms with Gasteiger partial charge >= 0.3 is 0 Å². The van der Waals surface area contributed by atoms with E-state index in [-0.39, 0.29) is 0 Å². The summed E-state index contributed by atoms with van der Waals surface area (Å²) in [4.78, 5) is 6.80. The zero-order valence-electron chi connectivity index (χ0n) is 12.1. The second-order valence-corrected chi connectivity index (χ2v) is 4.93. The maximum Gasteiger partial charge on any atom is 0.0421 e. The fraction of sp³-hybridized carbons (Fsp3) is 0.353. The topological polar surface area (TPSA) is 42.2 Å². The summed E-state index contributed by atoms with van der Waals surface area (Å²) in [5.41, 5.74) is 9.23. The highest BCUT2D eigenvalue weighted by Crippen LogP contribution is 2.16. The minimum atomic E-state index is 0.599. The third-order valence-electron chi connectivity index (χ3n) is 3.39. The van der Waals surface area contributed by atoms with E-state index in [4.69, 9.17) is 5.73 Å². The van der Waals surface area contributed by atoms with Crippen LogP contribution in [0.25, 0.3) is 0 Å². The molecule has 0 saturated heterocycles. The molecule has 0 aliphatic heterocycles. The molecular weight excluding hydrogens is 246 g/mol. The van der Waals surface area contributed by atoms with Gasteiger partial charge in [0.1, 0.15) is 0 Å². The van der Waals surface area contributed by atoms with Crippen molar-refractivity contribution in [3.8, 4) is 0 Å². The Bertz CT molecular complexity index is 493. The van der Waals surface area contributed by atoms with Crippen LogP contribution in [-0.4, -0.2) is 18.1 Å². The number of rotatable bonds is 7. The third kappa shape index (κ3) is 4.07. The highest BCUT2D eigenvalue weighted by molar-refractivity contribution is 5.47. The number of hydrogen-bond donors (Lipinski definition) is 1. The van der Waals surface area contributed by atoms with Gasteiger partial charge in [-0.25, -0.2) is 0 Å². The summed E-state index contributed by atoms with van der Waals surface area (Å²) in [5, 5.41) is 0. The van der Waals surface area contributed by atoms with Crippen LogP contribution >= 0.6 is 0 Å². The molecule has 0 aliphatic rings. The van der Waals surface area contributed by atoms with Crippen LogP contribution in [0.1, 0.15) is 24.6 Å². The fourth-order valence-electron chi connectivity index (χ4n) is 2.28. The van der Waals surface area contributed by atoms with Gasteiger partial charge in [-0.15, -0.1) is 0 Å². The van der Waals surface area contributed by atoms with E-state index in [0.717, 1.165) is 31.6 Å². The molecule has 20 heavy (non-hydrogen) atoms. The number of hydrogen-bond acceptors (Lipinski definition) is 3. The van der Waals surface area contributed by atoms with Crippen LogP contribution in [0.5, 0.6) is 0 Å². The van der Waals surface area contributed by atoms with Gasteiger partial charge in [0.2, 0.25) is 0 Å². The van der Waals surface area contributed by atoms with E-state index in [0.29, 0.717) is 6.54 Å². The SMILES string of the molecule is CCCN(CCc1ccccn1)c1ccc(CN)cc1. The Morgan fingerprint density at radius 2 is 1.85 bits per heavy atom. The highest BCUT2D eigenvalue weighted by Gasteiger charge is 2.06. The van der Waals surface area contributed by atoms with Crippen molar-refractivity contribution in [1.82, 2.24) is 4.98 Å². The molecule has 0 atom stereocenters. The van der Waals surface area contributed by atoms with Gasteiger partial charge in [-0.3, -0.25) is 4.98 Å². The zero-order valence-corrected chi connectivity index (χ0v) is 12.1. The summed E-state index contributed by atoms with van der Waals surface area (Å²) < 4.78 is 0.